The van der Waals surface area contributed by atoms with Gasteiger partial charge in [0.25, 0.3) is 0 Å². The van der Waals surface area contributed by atoms with Crippen molar-refractivity contribution >= 4 is 23.1 Å². The lowest BCUT2D eigenvalue weighted by Crippen LogP contribution is -2.33. The van der Waals surface area contributed by atoms with Crippen LogP contribution in [0.3, 0.4) is 0 Å². The van der Waals surface area contributed by atoms with Crippen molar-refractivity contribution in [1.82, 2.24) is 10.3 Å². The van der Waals surface area contributed by atoms with Gasteiger partial charge in [0.05, 0.1) is 12.6 Å². The van der Waals surface area contributed by atoms with Crippen LogP contribution in [0.2, 0.25) is 0 Å². The molecule has 24 heavy (non-hydrogen) atoms. The number of nitrogens with zero attached hydrogens (tertiary/aromatic N) is 1. The number of hydrogen-bond acceptors (Lipinski definition) is 4. The quantitative estimate of drug-likeness (QED) is 0.664. The topological polar surface area (TPSA) is 74.2 Å². The Morgan fingerprint density at radius 1 is 1.08 bits per heavy atom. The van der Waals surface area contributed by atoms with Crippen LogP contribution in [0.4, 0.5) is 10.5 Å². The van der Waals surface area contributed by atoms with Crippen LogP contribution in [0.1, 0.15) is 10.9 Å². The summed E-state index contributed by atoms with van der Waals surface area (Å²) in [6, 6.07) is 14.4. The van der Waals surface area contributed by atoms with Gasteiger partial charge in [-0.2, -0.15) is 0 Å². The second-order valence-electron chi connectivity index (χ2n) is 5.16. The summed E-state index contributed by atoms with van der Waals surface area (Å²) < 4.78 is 0. The number of aromatic nitrogens is 1. The van der Waals surface area contributed by atoms with Gasteiger partial charge in [-0.25, -0.2) is 4.79 Å². The summed E-state index contributed by atoms with van der Waals surface area (Å²) in [5.41, 5.74) is 2.81. The molecule has 1 unspecified atom stereocenters. The Kier molecular flexibility index (Phi) is 5.20. The third-order valence-electron chi connectivity index (χ3n) is 3.53. The predicted octanol–water partition coefficient (Wildman–Crippen LogP) is 3.67. The Morgan fingerprint density at radius 2 is 1.79 bits per heavy atom. The number of rotatable bonds is 5. The number of carbonyl (C=O) groups excluding carboxylic acids is 1. The molecule has 2 heterocycles. The average molecular weight is 339 g/mol. The maximum atomic E-state index is 12.1. The first-order chi connectivity index (χ1) is 11.8. The standard InChI is InChI=1S/C18H17N3O2S/c22-12-16(17-2-1-11-24-17)21-18(23)20-15-5-3-13(4-6-15)14-7-9-19-10-8-14/h1-11,16,22H,12H2,(H2,20,21,23). The minimum atomic E-state index is -0.402. The summed E-state index contributed by atoms with van der Waals surface area (Å²) in [6.45, 7) is -0.144. The van der Waals surface area contributed by atoms with Crippen LogP contribution in [0.15, 0.2) is 66.3 Å². The molecule has 0 spiro atoms. The molecule has 2 aromatic heterocycles. The van der Waals surface area contributed by atoms with Crippen molar-refractivity contribution in [3.63, 3.8) is 0 Å². The van der Waals surface area contributed by atoms with Gasteiger partial charge >= 0.3 is 6.03 Å². The number of amides is 2. The fraction of sp³-hybridized carbons (Fsp3) is 0.111. The molecule has 3 N–H and O–H groups in total. The van der Waals surface area contributed by atoms with E-state index in [4.69, 9.17) is 0 Å². The second kappa shape index (κ2) is 7.72. The maximum Gasteiger partial charge on any atom is 0.319 e. The number of thiophene rings is 1. The van der Waals surface area contributed by atoms with Crippen molar-refractivity contribution in [2.45, 2.75) is 6.04 Å². The summed E-state index contributed by atoms with van der Waals surface area (Å²) in [7, 11) is 0. The van der Waals surface area contributed by atoms with Crippen molar-refractivity contribution in [3.8, 4) is 11.1 Å². The first kappa shape index (κ1) is 16.2. The smallest absolute Gasteiger partial charge is 0.319 e. The fourth-order valence-corrected chi connectivity index (χ4v) is 3.08. The van der Waals surface area contributed by atoms with Crippen LogP contribution in [-0.4, -0.2) is 22.7 Å². The van der Waals surface area contributed by atoms with Crippen molar-refractivity contribution < 1.29 is 9.90 Å². The van der Waals surface area contributed by atoms with E-state index in [0.717, 1.165) is 16.0 Å². The summed E-state index contributed by atoms with van der Waals surface area (Å²) in [4.78, 5) is 17.0. The average Bonchev–Trinajstić information content (AvgIpc) is 3.15. The zero-order valence-electron chi connectivity index (χ0n) is 12.8. The predicted molar refractivity (Wildman–Crippen MR) is 96.0 cm³/mol. The van der Waals surface area contributed by atoms with Crippen LogP contribution in [0.25, 0.3) is 11.1 Å². The minimum Gasteiger partial charge on any atom is -0.394 e. The van der Waals surface area contributed by atoms with E-state index in [1.165, 1.54) is 11.3 Å². The van der Waals surface area contributed by atoms with Crippen molar-refractivity contribution in [3.05, 3.63) is 71.2 Å². The van der Waals surface area contributed by atoms with Crippen molar-refractivity contribution in [1.29, 1.82) is 0 Å². The van der Waals surface area contributed by atoms with E-state index in [0.29, 0.717) is 5.69 Å². The third kappa shape index (κ3) is 3.98. The molecule has 5 nitrogen and oxygen atoms in total. The van der Waals surface area contributed by atoms with Gasteiger partial charge < -0.3 is 15.7 Å². The molecule has 122 valence electrons. The van der Waals surface area contributed by atoms with Crippen LogP contribution in [0, 0.1) is 0 Å². The Morgan fingerprint density at radius 3 is 2.42 bits per heavy atom. The van der Waals surface area contributed by atoms with Crippen molar-refractivity contribution in [2.75, 3.05) is 11.9 Å². The first-order valence-corrected chi connectivity index (χ1v) is 8.36. The lowest BCUT2D eigenvalue weighted by atomic mass is 10.1. The molecular formula is C18H17N3O2S. The maximum absolute atomic E-state index is 12.1. The molecule has 3 aromatic rings. The van der Waals surface area contributed by atoms with E-state index >= 15 is 0 Å². The SMILES string of the molecule is O=C(Nc1ccc(-c2ccncc2)cc1)NC(CO)c1cccs1. The minimum absolute atomic E-state index is 0.144. The molecule has 0 aliphatic rings. The molecule has 0 saturated carbocycles. The monoisotopic (exact) mass is 339 g/mol. The van der Waals surface area contributed by atoms with Gasteiger partial charge in [0.15, 0.2) is 0 Å². The van der Waals surface area contributed by atoms with Gasteiger partial charge in [0.1, 0.15) is 0 Å². The summed E-state index contributed by atoms with van der Waals surface area (Å²) in [5.74, 6) is 0. The fourth-order valence-electron chi connectivity index (χ4n) is 2.31. The summed E-state index contributed by atoms with van der Waals surface area (Å²) in [6.07, 6.45) is 3.49. The molecule has 0 aliphatic heterocycles. The van der Waals surface area contributed by atoms with Crippen LogP contribution in [-0.2, 0) is 0 Å². The molecule has 0 aliphatic carbocycles. The van der Waals surface area contributed by atoms with E-state index < -0.39 is 6.04 Å². The number of carbonyl (C=O) groups is 1. The molecule has 0 radical (unpaired) electrons. The van der Waals surface area contributed by atoms with Gasteiger partial charge in [-0.1, -0.05) is 18.2 Å². The number of aliphatic hydroxyl groups is 1. The molecule has 1 aromatic carbocycles. The molecule has 1 atom stereocenters. The lowest BCUT2D eigenvalue weighted by Gasteiger charge is -2.15. The number of aliphatic hydroxyl groups excluding tert-OH is 1. The number of anilines is 1. The Labute approximate surface area is 144 Å². The molecule has 2 amide bonds. The van der Waals surface area contributed by atoms with E-state index in [1.807, 2.05) is 53.9 Å². The Bertz CT molecular complexity index is 774. The highest BCUT2D eigenvalue weighted by molar-refractivity contribution is 7.10. The summed E-state index contributed by atoms with van der Waals surface area (Å²) in [5, 5.41) is 16.9. The number of hydrogen-bond donors (Lipinski definition) is 3. The molecular weight excluding hydrogens is 322 g/mol. The molecule has 0 bridgehead atoms. The van der Waals surface area contributed by atoms with E-state index in [2.05, 4.69) is 15.6 Å². The highest BCUT2D eigenvalue weighted by atomic mass is 32.1. The number of nitrogens with one attached hydrogen (secondary N) is 2. The second-order valence-corrected chi connectivity index (χ2v) is 6.14. The zero-order chi connectivity index (χ0) is 16.8. The molecule has 3 rings (SSSR count). The van der Waals surface area contributed by atoms with Gasteiger partial charge in [-0.3, -0.25) is 4.98 Å². The zero-order valence-corrected chi connectivity index (χ0v) is 13.7. The Hall–Kier alpha value is -2.70. The number of benzene rings is 1. The largest absolute Gasteiger partial charge is 0.394 e. The highest BCUT2D eigenvalue weighted by Crippen LogP contribution is 2.21. The first-order valence-electron chi connectivity index (χ1n) is 7.48. The summed E-state index contributed by atoms with van der Waals surface area (Å²) >= 11 is 1.50. The molecule has 0 saturated heterocycles. The Balaban J connectivity index is 1.62. The third-order valence-corrected chi connectivity index (χ3v) is 4.52. The van der Waals surface area contributed by atoms with E-state index in [-0.39, 0.29) is 12.6 Å². The van der Waals surface area contributed by atoms with Gasteiger partial charge in [0.2, 0.25) is 0 Å². The lowest BCUT2D eigenvalue weighted by molar-refractivity contribution is 0.226. The van der Waals surface area contributed by atoms with Crippen molar-refractivity contribution in [2.24, 2.45) is 0 Å². The normalized spacial score (nSPS) is 11.7. The molecule has 6 heteroatoms. The highest BCUT2D eigenvalue weighted by Gasteiger charge is 2.14. The van der Waals surface area contributed by atoms with Crippen LogP contribution in [0.5, 0.6) is 0 Å². The molecule has 0 fully saturated rings. The van der Waals surface area contributed by atoms with E-state index in [1.54, 1.807) is 12.4 Å². The van der Waals surface area contributed by atoms with Gasteiger partial charge in [-0.15, -0.1) is 11.3 Å². The van der Waals surface area contributed by atoms with Crippen LogP contribution < -0.4 is 10.6 Å². The van der Waals surface area contributed by atoms with Gasteiger partial charge in [0, 0.05) is 23.0 Å². The van der Waals surface area contributed by atoms with Gasteiger partial charge in [-0.05, 0) is 46.8 Å². The number of urea groups is 1. The van der Waals surface area contributed by atoms with Crippen LogP contribution >= 0.6 is 11.3 Å². The van der Waals surface area contributed by atoms with E-state index in [9.17, 15) is 9.90 Å². The number of pyridine rings is 1.